The third-order valence-corrected chi connectivity index (χ3v) is 2.22. The third-order valence-electron chi connectivity index (χ3n) is 2.22. The van der Waals surface area contributed by atoms with E-state index in [-0.39, 0.29) is 5.83 Å². The smallest absolute Gasteiger partial charge is 0.130 e. The zero-order chi connectivity index (χ0) is 10.6. The van der Waals surface area contributed by atoms with Crippen LogP contribution in [0.3, 0.4) is 0 Å². The number of aryl methyl sites for hydroxylation is 2. The maximum atomic E-state index is 13.4. The van der Waals surface area contributed by atoms with Gasteiger partial charge in [0.25, 0.3) is 0 Å². The van der Waals surface area contributed by atoms with E-state index < -0.39 is 0 Å². The summed E-state index contributed by atoms with van der Waals surface area (Å²) in [5.74, 6) is -0.222. The Hall–Kier alpha value is -1.37. The van der Waals surface area contributed by atoms with Crippen molar-refractivity contribution in [3.8, 4) is 0 Å². The Morgan fingerprint density at radius 1 is 1.50 bits per heavy atom. The van der Waals surface area contributed by atoms with Gasteiger partial charge in [-0.2, -0.15) is 0 Å². The predicted octanol–water partition coefficient (Wildman–Crippen LogP) is 4.05. The molecule has 1 aromatic rings. The Labute approximate surface area is 84.8 Å². The summed E-state index contributed by atoms with van der Waals surface area (Å²) in [6.07, 6.45) is 3.82. The van der Waals surface area contributed by atoms with E-state index in [9.17, 15) is 4.39 Å². The number of benzene rings is 1. The predicted molar refractivity (Wildman–Crippen MR) is 59.8 cm³/mol. The van der Waals surface area contributed by atoms with Crippen LogP contribution in [-0.4, -0.2) is 0 Å². The van der Waals surface area contributed by atoms with Crippen molar-refractivity contribution in [1.29, 1.82) is 0 Å². The first-order valence-electron chi connectivity index (χ1n) is 4.77. The van der Waals surface area contributed by atoms with E-state index in [1.54, 1.807) is 0 Å². The van der Waals surface area contributed by atoms with Crippen molar-refractivity contribution in [1.82, 2.24) is 0 Å². The molecule has 74 valence electrons. The van der Waals surface area contributed by atoms with Crippen LogP contribution in [0.2, 0.25) is 0 Å². The van der Waals surface area contributed by atoms with Gasteiger partial charge in [0, 0.05) is 5.56 Å². The van der Waals surface area contributed by atoms with E-state index in [2.05, 4.69) is 13.5 Å². The van der Waals surface area contributed by atoms with Crippen LogP contribution in [0.4, 0.5) is 4.39 Å². The van der Waals surface area contributed by atoms with Crippen LogP contribution in [0, 0.1) is 6.92 Å². The second-order valence-electron chi connectivity index (χ2n) is 3.25. The molecule has 0 saturated heterocycles. The average molecular weight is 190 g/mol. The largest absolute Gasteiger partial charge is 0.206 e. The topological polar surface area (TPSA) is 0 Å². The Bertz CT molecular complexity index is 361. The van der Waals surface area contributed by atoms with Crippen molar-refractivity contribution < 1.29 is 4.39 Å². The highest BCUT2D eigenvalue weighted by Crippen LogP contribution is 2.21. The van der Waals surface area contributed by atoms with Crippen LogP contribution in [0.1, 0.15) is 23.6 Å². The molecule has 1 heteroatoms. The van der Waals surface area contributed by atoms with Gasteiger partial charge in [0.05, 0.1) is 0 Å². The molecular weight excluding hydrogens is 175 g/mol. The molecule has 1 rings (SSSR count). The van der Waals surface area contributed by atoms with E-state index in [0.717, 1.165) is 12.0 Å². The molecule has 0 saturated carbocycles. The number of rotatable bonds is 3. The first-order chi connectivity index (χ1) is 6.69. The Balaban J connectivity index is 3.11. The fraction of sp³-hybridized carbons (Fsp3) is 0.231. The number of hydrogen-bond acceptors (Lipinski definition) is 0. The van der Waals surface area contributed by atoms with Gasteiger partial charge in [0.15, 0.2) is 0 Å². The van der Waals surface area contributed by atoms with Crippen molar-refractivity contribution in [3.05, 3.63) is 53.6 Å². The lowest BCUT2D eigenvalue weighted by Gasteiger charge is -2.05. The lowest BCUT2D eigenvalue weighted by Crippen LogP contribution is -1.88. The lowest BCUT2D eigenvalue weighted by atomic mass is 10.0. The normalized spacial score (nSPS) is 11.5. The van der Waals surface area contributed by atoms with E-state index in [1.807, 2.05) is 25.1 Å². The van der Waals surface area contributed by atoms with Gasteiger partial charge in [-0.15, -0.1) is 0 Å². The van der Waals surface area contributed by atoms with E-state index >= 15 is 0 Å². The van der Waals surface area contributed by atoms with Crippen LogP contribution in [0.15, 0.2) is 36.9 Å². The van der Waals surface area contributed by atoms with Crippen molar-refractivity contribution in [2.75, 3.05) is 0 Å². The molecule has 0 radical (unpaired) electrons. The monoisotopic (exact) mass is 190 g/mol. The molecule has 1 aromatic carbocycles. The summed E-state index contributed by atoms with van der Waals surface area (Å²) in [5.41, 5.74) is 2.86. The molecule has 0 bridgehead atoms. The van der Waals surface area contributed by atoms with Crippen molar-refractivity contribution in [2.45, 2.75) is 20.3 Å². The average Bonchev–Trinajstić information content (AvgIpc) is 2.17. The van der Waals surface area contributed by atoms with Crippen molar-refractivity contribution in [3.63, 3.8) is 0 Å². The molecular formula is C13H15F. The van der Waals surface area contributed by atoms with Gasteiger partial charge >= 0.3 is 0 Å². The molecule has 0 aliphatic rings. The van der Waals surface area contributed by atoms with Gasteiger partial charge in [0.1, 0.15) is 5.83 Å². The standard InChI is InChI=1S/C13H15F/c1-4-6-13(14)12-8-7-11(5-2)9-10(12)3/h4,6-9H,1,5H2,2-3H3/b13-6+. The Morgan fingerprint density at radius 2 is 2.21 bits per heavy atom. The van der Waals surface area contributed by atoms with Crippen LogP contribution >= 0.6 is 0 Å². The summed E-state index contributed by atoms with van der Waals surface area (Å²) in [5, 5.41) is 0. The zero-order valence-corrected chi connectivity index (χ0v) is 8.68. The molecule has 0 N–H and O–H groups in total. The molecule has 0 atom stereocenters. The molecule has 0 aromatic heterocycles. The molecule has 0 amide bonds. The first kappa shape index (κ1) is 10.7. The van der Waals surface area contributed by atoms with Crippen molar-refractivity contribution in [2.24, 2.45) is 0 Å². The van der Waals surface area contributed by atoms with Gasteiger partial charge in [0.2, 0.25) is 0 Å². The maximum Gasteiger partial charge on any atom is 0.130 e. The van der Waals surface area contributed by atoms with Gasteiger partial charge in [-0.1, -0.05) is 37.8 Å². The summed E-state index contributed by atoms with van der Waals surface area (Å²) >= 11 is 0. The van der Waals surface area contributed by atoms with Crippen LogP contribution in [0.25, 0.3) is 5.83 Å². The summed E-state index contributed by atoms with van der Waals surface area (Å²) in [4.78, 5) is 0. The second kappa shape index (κ2) is 4.75. The minimum Gasteiger partial charge on any atom is -0.206 e. The molecule has 0 unspecified atom stereocenters. The van der Waals surface area contributed by atoms with Crippen LogP contribution < -0.4 is 0 Å². The van der Waals surface area contributed by atoms with Gasteiger partial charge in [-0.25, -0.2) is 4.39 Å². The van der Waals surface area contributed by atoms with Gasteiger partial charge < -0.3 is 0 Å². The van der Waals surface area contributed by atoms with Crippen LogP contribution in [-0.2, 0) is 6.42 Å². The van der Waals surface area contributed by atoms with Gasteiger partial charge in [-0.05, 0) is 30.5 Å². The van der Waals surface area contributed by atoms with Crippen LogP contribution in [0.5, 0.6) is 0 Å². The Kier molecular flexibility index (Phi) is 3.63. The zero-order valence-electron chi connectivity index (χ0n) is 8.68. The SMILES string of the molecule is C=C/C=C(/F)c1ccc(CC)cc1C. The molecule has 0 heterocycles. The Morgan fingerprint density at radius 3 is 2.71 bits per heavy atom. The fourth-order valence-electron chi connectivity index (χ4n) is 1.41. The highest BCUT2D eigenvalue weighted by Gasteiger charge is 2.03. The number of allylic oxidation sites excluding steroid dienone is 2. The minimum atomic E-state index is -0.222. The number of hydrogen-bond donors (Lipinski definition) is 0. The summed E-state index contributed by atoms with van der Waals surface area (Å²) in [6, 6.07) is 5.80. The highest BCUT2D eigenvalue weighted by atomic mass is 19.1. The summed E-state index contributed by atoms with van der Waals surface area (Å²) in [6.45, 7) is 7.48. The maximum absolute atomic E-state index is 13.4. The summed E-state index contributed by atoms with van der Waals surface area (Å²) < 4.78 is 13.4. The lowest BCUT2D eigenvalue weighted by molar-refractivity contribution is 0.758. The number of halogens is 1. The highest BCUT2D eigenvalue weighted by molar-refractivity contribution is 5.63. The van der Waals surface area contributed by atoms with Crippen molar-refractivity contribution >= 4 is 5.83 Å². The molecule has 0 spiro atoms. The molecule has 0 aliphatic carbocycles. The third kappa shape index (κ3) is 2.32. The molecule has 0 fully saturated rings. The second-order valence-corrected chi connectivity index (χ2v) is 3.25. The quantitative estimate of drug-likeness (QED) is 0.631. The van der Waals surface area contributed by atoms with E-state index in [4.69, 9.17) is 0 Å². The minimum absolute atomic E-state index is 0.222. The molecule has 14 heavy (non-hydrogen) atoms. The fourth-order valence-corrected chi connectivity index (χ4v) is 1.41. The molecule has 0 nitrogen and oxygen atoms in total. The van der Waals surface area contributed by atoms with E-state index in [1.165, 1.54) is 17.7 Å². The molecule has 0 aliphatic heterocycles. The van der Waals surface area contributed by atoms with E-state index in [0.29, 0.717) is 5.56 Å². The van der Waals surface area contributed by atoms with Gasteiger partial charge in [-0.3, -0.25) is 0 Å². The first-order valence-corrected chi connectivity index (χ1v) is 4.77. The summed E-state index contributed by atoms with van der Waals surface area (Å²) in [7, 11) is 0.